The minimum absolute atomic E-state index is 0.155. The van der Waals surface area contributed by atoms with Crippen molar-refractivity contribution in [3.8, 4) is 11.5 Å². The molecule has 0 spiro atoms. The number of piperidine rings is 1. The van der Waals surface area contributed by atoms with E-state index in [0.29, 0.717) is 24.2 Å². The van der Waals surface area contributed by atoms with Gasteiger partial charge in [-0.05, 0) is 37.5 Å². The first kappa shape index (κ1) is 26.6. The summed E-state index contributed by atoms with van der Waals surface area (Å²) in [5.74, 6) is 0.873. The summed E-state index contributed by atoms with van der Waals surface area (Å²) in [6.07, 6.45) is 8.13. The van der Waals surface area contributed by atoms with Gasteiger partial charge in [0.1, 0.15) is 17.4 Å². The third-order valence-electron chi connectivity index (χ3n) is 6.79. The Balaban J connectivity index is 1.44. The van der Waals surface area contributed by atoms with Crippen LogP contribution in [0.4, 0.5) is 14.7 Å². The summed E-state index contributed by atoms with van der Waals surface area (Å²) in [6.45, 7) is 4.45. The standard InChI is InChI=1S/C26H36F2N4O3/c1-5-18(19-8-10-32(11-9-19)26-29-16-21(34-4)17-30-26)7-6-12-35-20-13-23(27)22(24(28)14-20)15-25(33)31(2)3/h13-14,16-19H,5-12,15H2,1-4H3. The molecule has 0 bridgehead atoms. The molecule has 2 aromatic rings. The smallest absolute Gasteiger partial charge is 0.226 e. The van der Waals surface area contributed by atoms with Crippen molar-refractivity contribution < 1.29 is 23.0 Å². The first-order valence-corrected chi connectivity index (χ1v) is 12.2. The maximum atomic E-state index is 14.4. The van der Waals surface area contributed by atoms with Crippen LogP contribution in [-0.4, -0.2) is 61.7 Å². The first-order chi connectivity index (χ1) is 16.8. The molecule has 1 aromatic carbocycles. The lowest BCUT2D eigenvalue weighted by Gasteiger charge is -2.36. The second-order valence-electron chi connectivity index (χ2n) is 9.24. The third kappa shape index (κ3) is 7.26. The number of likely N-dealkylation sites (N-methyl/N-ethyl adjacent to an activating group) is 1. The van der Waals surface area contributed by atoms with Gasteiger partial charge in [0.05, 0.1) is 32.5 Å². The summed E-state index contributed by atoms with van der Waals surface area (Å²) in [7, 11) is 4.71. The van der Waals surface area contributed by atoms with Crippen molar-refractivity contribution in [1.82, 2.24) is 14.9 Å². The van der Waals surface area contributed by atoms with Gasteiger partial charge in [-0.15, -0.1) is 0 Å². The number of nitrogens with zero attached hydrogens (tertiary/aromatic N) is 4. The van der Waals surface area contributed by atoms with Gasteiger partial charge in [-0.1, -0.05) is 13.3 Å². The number of benzene rings is 1. The summed E-state index contributed by atoms with van der Waals surface area (Å²) < 4.78 is 39.5. The molecular formula is C26H36F2N4O3. The van der Waals surface area contributed by atoms with Gasteiger partial charge in [-0.2, -0.15) is 0 Å². The van der Waals surface area contributed by atoms with Crippen molar-refractivity contribution in [2.45, 2.75) is 45.4 Å². The number of amides is 1. The Bertz CT molecular complexity index is 941. The number of hydrogen-bond acceptors (Lipinski definition) is 6. The average Bonchev–Trinajstić information content (AvgIpc) is 2.86. The molecule has 1 aliphatic rings. The zero-order valence-electron chi connectivity index (χ0n) is 21.1. The van der Waals surface area contributed by atoms with Gasteiger partial charge in [0, 0.05) is 44.9 Å². The number of carbonyl (C=O) groups is 1. The van der Waals surface area contributed by atoms with Gasteiger partial charge in [-0.25, -0.2) is 18.7 Å². The Morgan fingerprint density at radius 2 is 1.77 bits per heavy atom. The van der Waals surface area contributed by atoms with Crippen molar-refractivity contribution in [3.63, 3.8) is 0 Å². The molecule has 7 nitrogen and oxygen atoms in total. The molecule has 1 amide bonds. The monoisotopic (exact) mass is 490 g/mol. The molecule has 1 unspecified atom stereocenters. The van der Waals surface area contributed by atoms with Crippen LogP contribution in [0.3, 0.4) is 0 Å². The largest absolute Gasteiger partial charge is 0.494 e. The molecular weight excluding hydrogens is 454 g/mol. The number of ether oxygens (including phenoxy) is 2. The third-order valence-corrected chi connectivity index (χ3v) is 6.79. The number of hydrogen-bond donors (Lipinski definition) is 0. The van der Waals surface area contributed by atoms with Gasteiger partial charge >= 0.3 is 0 Å². The quantitative estimate of drug-likeness (QED) is 0.432. The van der Waals surface area contributed by atoms with Crippen LogP contribution in [-0.2, 0) is 11.2 Å². The highest BCUT2D eigenvalue weighted by Crippen LogP contribution is 2.32. The minimum atomic E-state index is -0.755. The Morgan fingerprint density at radius 3 is 2.31 bits per heavy atom. The molecule has 1 fully saturated rings. The van der Waals surface area contributed by atoms with Gasteiger partial charge < -0.3 is 19.3 Å². The number of methoxy groups -OCH3 is 1. The predicted molar refractivity (Wildman–Crippen MR) is 131 cm³/mol. The Hall–Kier alpha value is -2.97. The van der Waals surface area contributed by atoms with Crippen LogP contribution in [0.1, 0.15) is 44.6 Å². The SMILES string of the molecule is CCC(CCCOc1cc(F)c(CC(=O)N(C)C)c(F)c1)C1CCN(c2ncc(OC)cn2)CC1. The van der Waals surface area contributed by atoms with E-state index in [9.17, 15) is 13.6 Å². The van der Waals surface area contributed by atoms with Crippen LogP contribution in [0.5, 0.6) is 11.5 Å². The van der Waals surface area contributed by atoms with Crippen molar-refractivity contribution >= 4 is 11.9 Å². The minimum Gasteiger partial charge on any atom is -0.494 e. The number of rotatable bonds is 11. The van der Waals surface area contributed by atoms with Crippen molar-refractivity contribution in [2.75, 3.05) is 45.8 Å². The van der Waals surface area contributed by atoms with Gasteiger partial charge in [-0.3, -0.25) is 4.79 Å². The van der Waals surface area contributed by atoms with E-state index in [1.165, 1.54) is 4.90 Å². The highest BCUT2D eigenvalue weighted by Gasteiger charge is 2.26. The lowest BCUT2D eigenvalue weighted by Crippen LogP contribution is -2.37. The van der Waals surface area contributed by atoms with E-state index in [4.69, 9.17) is 9.47 Å². The van der Waals surface area contributed by atoms with Crippen LogP contribution in [0.2, 0.25) is 0 Å². The zero-order valence-corrected chi connectivity index (χ0v) is 21.1. The molecule has 35 heavy (non-hydrogen) atoms. The molecule has 0 radical (unpaired) electrons. The summed E-state index contributed by atoms with van der Waals surface area (Å²) in [5.41, 5.74) is -0.228. The summed E-state index contributed by atoms with van der Waals surface area (Å²) >= 11 is 0. The molecule has 1 aliphatic heterocycles. The molecule has 0 N–H and O–H groups in total. The summed E-state index contributed by atoms with van der Waals surface area (Å²) in [5, 5.41) is 0. The molecule has 0 aliphatic carbocycles. The Kier molecular flexibility index (Phi) is 9.63. The van der Waals surface area contributed by atoms with E-state index >= 15 is 0 Å². The van der Waals surface area contributed by atoms with Crippen LogP contribution < -0.4 is 14.4 Å². The highest BCUT2D eigenvalue weighted by atomic mass is 19.1. The van der Waals surface area contributed by atoms with E-state index in [1.807, 2.05) is 0 Å². The highest BCUT2D eigenvalue weighted by molar-refractivity contribution is 5.78. The maximum absolute atomic E-state index is 14.4. The van der Waals surface area contributed by atoms with Crippen LogP contribution >= 0.6 is 0 Å². The normalized spacial score (nSPS) is 15.1. The molecule has 192 valence electrons. The second kappa shape index (κ2) is 12.7. The fourth-order valence-electron chi connectivity index (χ4n) is 4.60. The maximum Gasteiger partial charge on any atom is 0.226 e. The molecule has 1 aromatic heterocycles. The molecule has 9 heteroatoms. The van der Waals surface area contributed by atoms with Crippen LogP contribution in [0, 0.1) is 23.5 Å². The molecule has 1 atom stereocenters. The Labute approximate surface area is 206 Å². The molecule has 3 rings (SSSR count). The van der Waals surface area contributed by atoms with Crippen molar-refractivity contribution in [1.29, 1.82) is 0 Å². The van der Waals surface area contributed by atoms with E-state index in [0.717, 1.165) is 63.3 Å². The van der Waals surface area contributed by atoms with Gasteiger partial charge in [0.25, 0.3) is 0 Å². The Morgan fingerprint density at radius 1 is 1.14 bits per heavy atom. The summed E-state index contributed by atoms with van der Waals surface area (Å²) in [6, 6.07) is 2.32. The van der Waals surface area contributed by atoms with Crippen LogP contribution in [0.25, 0.3) is 0 Å². The molecule has 2 heterocycles. The topological polar surface area (TPSA) is 67.8 Å². The number of carbonyl (C=O) groups excluding carboxylic acids is 1. The summed E-state index contributed by atoms with van der Waals surface area (Å²) in [4.78, 5) is 24.1. The van der Waals surface area contributed by atoms with Crippen molar-refractivity contribution in [3.05, 3.63) is 41.7 Å². The lowest BCUT2D eigenvalue weighted by molar-refractivity contribution is -0.128. The fraction of sp³-hybridized carbons (Fsp3) is 0.577. The first-order valence-electron chi connectivity index (χ1n) is 12.2. The van der Waals surface area contributed by atoms with Crippen molar-refractivity contribution in [2.24, 2.45) is 11.8 Å². The van der Waals surface area contributed by atoms with Gasteiger partial charge in [0.15, 0.2) is 5.75 Å². The predicted octanol–water partition coefficient (Wildman–Crippen LogP) is 4.50. The fourth-order valence-corrected chi connectivity index (χ4v) is 4.60. The second-order valence-corrected chi connectivity index (χ2v) is 9.24. The molecule has 1 saturated heterocycles. The lowest BCUT2D eigenvalue weighted by atomic mass is 9.80. The van der Waals surface area contributed by atoms with Crippen LogP contribution in [0.15, 0.2) is 24.5 Å². The van der Waals surface area contributed by atoms with E-state index in [-0.39, 0.29) is 23.6 Å². The van der Waals surface area contributed by atoms with E-state index in [1.54, 1.807) is 33.6 Å². The van der Waals surface area contributed by atoms with E-state index < -0.39 is 11.6 Å². The molecule has 0 saturated carbocycles. The van der Waals surface area contributed by atoms with E-state index in [2.05, 4.69) is 21.8 Å². The number of anilines is 1. The number of aromatic nitrogens is 2. The van der Waals surface area contributed by atoms with Gasteiger partial charge in [0.2, 0.25) is 11.9 Å². The average molecular weight is 491 g/mol. The number of halogens is 2. The zero-order chi connectivity index (χ0) is 25.4.